The van der Waals surface area contributed by atoms with E-state index >= 15 is 0 Å². The molecule has 4 nitrogen and oxygen atoms in total. The first kappa shape index (κ1) is 19.8. The second-order valence-electron chi connectivity index (χ2n) is 8.35. The molecule has 0 unspecified atom stereocenters. The maximum Gasteiger partial charge on any atom is 0.262 e. The fourth-order valence-electron chi connectivity index (χ4n) is 4.22. The van der Waals surface area contributed by atoms with Crippen LogP contribution in [0.15, 0.2) is 52.3 Å². The average Bonchev–Trinajstić information content (AvgIpc) is 2.67. The molecule has 4 rings (SSSR count). The van der Waals surface area contributed by atoms with Gasteiger partial charge in [0.15, 0.2) is 0 Å². The van der Waals surface area contributed by atoms with E-state index < -0.39 is 0 Å². The second kappa shape index (κ2) is 8.07. The van der Waals surface area contributed by atoms with Gasteiger partial charge in [-0.1, -0.05) is 55.4 Å². The smallest absolute Gasteiger partial charge is 0.262 e. The number of piperidine rings is 1. The monoisotopic (exact) mass is 406 g/mol. The molecule has 2 aliphatic rings. The molecule has 0 bridgehead atoms. The summed E-state index contributed by atoms with van der Waals surface area (Å²) in [5.41, 5.74) is 3.51. The molecule has 150 valence electrons. The highest BCUT2D eigenvalue weighted by Gasteiger charge is 2.28. The summed E-state index contributed by atoms with van der Waals surface area (Å²) in [5, 5.41) is 2.96. The molecule has 2 amide bonds. The number of nitrogens with one attached hydrogen (secondary N) is 1. The van der Waals surface area contributed by atoms with E-state index in [1.54, 1.807) is 0 Å². The Kier molecular flexibility index (Phi) is 5.50. The van der Waals surface area contributed by atoms with Crippen molar-refractivity contribution in [1.29, 1.82) is 0 Å². The van der Waals surface area contributed by atoms with Crippen LogP contribution < -0.4 is 5.32 Å². The maximum atomic E-state index is 13.0. The van der Waals surface area contributed by atoms with E-state index in [9.17, 15) is 9.59 Å². The molecule has 1 fully saturated rings. The summed E-state index contributed by atoms with van der Waals surface area (Å²) in [6.07, 6.45) is 3.07. The Morgan fingerprint density at radius 2 is 1.90 bits per heavy atom. The lowest BCUT2D eigenvalue weighted by atomic mass is 9.91. The van der Waals surface area contributed by atoms with Crippen LogP contribution in [0.1, 0.15) is 41.8 Å². The van der Waals surface area contributed by atoms with Gasteiger partial charge in [0.05, 0.1) is 10.6 Å². The van der Waals surface area contributed by atoms with Gasteiger partial charge in [-0.3, -0.25) is 9.59 Å². The number of carbonyl (C=O) groups is 2. The zero-order chi connectivity index (χ0) is 20.5. The van der Waals surface area contributed by atoms with E-state index in [1.807, 2.05) is 54.3 Å². The predicted octanol–water partition coefficient (Wildman–Crippen LogP) is 5.20. The van der Waals surface area contributed by atoms with Crippen molar-refractivity contribution in [3.63, 3.8) is 0 Å². The van der Waals surface area contributed by atoms with Gasteiger partial charge in [-0.2, -0.15) is 0 Å². The lowest BCUT2D eigenvalue weighted by molar-refractivity contribution is -0.112. The Morgan fingerprint density at radius 3 is 2.62 bits per heavy atom. The maximum absolute atomic E-state index is 13.0. The van der Waals surface area contributed by atoms with Crippen molar-refractivity contribution in [2.75, 3.05) is 18.4 Å². The van der Waals surface area contributed by atoms with Gasteiger partial charge in [-0.25, -0.2) is 0 Å². The van der Waals surface area contributed by atoms with Gasteiger partial charge >= 0.3 is 0 Å². The minimum Gasteiger partial charge on any atom is -0.338 e. The first-order chi connectivity index (χ1) is 13.9. The van der Waals surface area contributed by atoms with Gasteiger partial charge in [0.1, 0.15) is 0 Å². The predicted molar refractivity (Wildman–Crippen MR) is 119 cm³/mol. The van der Waals surface area contributed by atoms with Crippen molar-refractivity contribution in [2.45, 2.75) is 32.1 Å². The fraction of sp³-hybridized carbons (Fsp3) is 0.333. The summed E-state index contributed by atoms with van der Waals surface area (Å²) in [4.78, 5) is 29.2. The Bertz CT molecular complexity index is 988. The highest BCUT2D eigenvalue weighted by molar-refractivity contribution is 8.04. The van der Waals surface area contributed by atoms with E-state index in [1.165, 1.54) is 11.8 Å². The number of amides is 2. The van der Waals surface area contributed by atoms with E-state index in [0.717, 1.165) is 35.5 Å². The van der Waals surface area contributed by atoms with Crippen LogP contribution in [0.4, 0.5) is 5.69 Å². The van der Waals surface area contributed by atoms with Crippen molar-refractivity contribution in [1.82, 2.24) is 4.90 Å². The van der Waals surface area contributed by atoms with Crippen LogP contribution in [0.2, 0.25) is 0 Å². The summed E-state index contributed by atoms with van der Waals surface area (Å²) in [6.45, 7) is 8.02. The minimum absolute atomic E-state index is 0.0477. The van der Waals surface area contributed by atoms with Crippen LogP contribution >= 0.6 is 11.8 Å². The standard InChI is InChI=1S/C24H26N2O2S/c1-15-5-4-6-18(10-15)11-22-23(27)25-20-12-19(7-8-21(20)29-22)24(28)26-13-16(2)9-17(3)14-26/h4-8,10-12,16-17H,9,13-14H2,1-3H3,(H,25,27)/b22-11+/t16-,17+. The number of aryl methyl sites for hydroxylation is 1. The summed E-state index contributed by atoms with van der Waals surface area (Å²) < 4.78 is 0. The Balaban J connectivity index is 1.56. The Hall–Kier alpha value is -2.53. The van der Waals surface area contributed by atoms with Crippen molar-refractivity contribution in [3.8, 4) is 0 Å². The van der Waals surface area contributed by atoms with Gasteiger partial charge < -0.3 is 10.2 Å². The van der Waals surface area contributed by atoms with Crippen LogP contribution in [0.3, 0.4) is 0 Å². The van der Waals surface area contributed by atoms with E-state index in [-0.39, 0.29) is 11.8 Å². The van der Waals surface area contributed by atoms with Crippen molar-refractivity contribution in [3.05, 3.63) is 64.1 Å². The number of fused-ring (bicyclic) bond motifs is 1. The summed E-state index contributed by atoms with van der Waals surface area (Å²) in [6, 6.07) is 13.7. The molecular formula is C24H26N2O2S. The molecule has 5 heteroatoms. The lowest BCUT2D eigenvalue weighted by Gasteiger charge is -2.35. The van der Waals surface area contributed by atoms with Gasteiger partial charge in [-0.15, -0.1) is 0 Å². The summed E-state index contributed by atoms with van der Waals surface area (Å²) in [5.74, 6) is 0.954. The topological polar surface area (TPSA) is 49.4 Å². The molecule has 2 atom stereocenters. The molecule has 0 aliphatic carbocycles. The third kappa shape index (κ3) is 4.40. The van der Waals surface area contributed by atoms with Gasteiger partial charge in [-0.05, 0) is 55.0 Å². The fourth-order valence-corrected chi connectivity index (χ4v) is 5.15. The molecule has 0 aromatic heterocycles. The number of likely N-dealkylation sites (tertiary alicyclic amines) is 1. The number of hydrogen-bond acceptors (Lipinski definition) is 3. The number of anilines is 1. The molecule has 1 saturated heterocycles. The minimum atomic E-state index is -0.131. The zero-order valence-electron chi connectivity index (χ0n) is 17.1. The van der Waals surface area contributed by atoms with E-state index in [0.29, 0.717) is 28.0 Å². The van der Waals surface area contributed by atoms with Crippen LogP contribution in [0.5, 0.6) is 0 Å². The quantitative estimate of drug-likeness (QED) is 0.698. The van der Waals surface area contributed by atoms with Gasteiger partial charge in [0.25, 0.3) is 11.8 Å². The second-order valence-corrected chi connectivity index (χ2v) is 9.43. The SMILES string of the molecule is Cc1cccc(/C=C2/Sc3ccc(C(=O)N4C[C@H](C)C[C@H](C)C4)cc3NC2=O)c1. The molecule has 2 aromatic carbocycles. The average molecular weight is 407 g/mol. The third-order valence-corrected chi connectivity index (χ3v) is 6.51. The highest BCUT2D eigenvalue weighted by Crippen LogP contribution is 2.39. The van der Waals surface area contributed by atoms with E-state index in [4.69, 9.17) is 0 Å². The zero-order valence-corrected chi connectivity index (χ0v) is 17.9. The van der Waals surface area contributed by atoms with Crippen molar-refractivity contribution < 1.29 is 9.59 Å². The first-order valence-electron chi connectivity index (χ1n) is 10.1. The first-order valence-corrected chi connectivity index (χ1v) is 10.9. The molecule has 0 saturated carbocycles. The van der Waals surface area contributed by atoms with Crippen LogP contribution in [0.25, 0.3) is 6.08 Å². The van der Waals surface area contributed by atoms with Crippen LogP contribution in [-0.2, 0) is 4.79 Å². The number of nitrogens with zero attached hydrogens (tertiary/aromatic N) is 1. The molecule has 0 radical (unpaired) electrons. The molecule has 2 aromatic rings. The lowest BCUT2D eigenvalue weighted by Crippen LogP contribution is -2.42. The normalized spacial score (nSPS) is 22.9. The molecule has 2 aliphatic heterocycles. The number of rotatable bonds is 2. The number of thioether (sulfide) groups is 1. The Labute approximate surface area is 176 Å². The number of hydrogen-bond donors (Lipinski definition) is 1. The van der Waals surface area contributed by atoms with E-state index in [2.05, 4.69) is 25.2 Å². The summed E-state index contributed by atoms with van der Waals surface area (Å²) >= 11 is 1.45. The molecular weight excluding hydrogens is 380 g/mol. The number of carbonyl (C=O) groups excluding carboxylic acids is 2. The van der Waals surface area contributed by atoms with Gasteiger partial charge in [0.2, 0.25) is 0 Å². The van der Waals surface area contributed by atoms with Crippen molar-refractivity contribution >= 4 is 35.3 Å². The largest absolute Gasteiger partial charge is 0.338 e. The molecule has 0 spiro atoms. The van der Waals surface area contributed by atoms with Crippen LogP contribution in [-0.4, -0.2) is 29.8 Å². The van der Waals surface area contributed by atoms with Gasteiger partial charge in [0, 0.05) is 23.5 Å². The molecule has 2 heterocycles. The van der Waals surface area contributed by atoms with Crippen molar-refractivity contribution in [2.24, 2.45) is 11.8 Å². The molecule has 29 heavy (non-hydrogen) atoms. The van der Waals surface area contributed by atoms with Crippen LogP contribution in [0, 0.1) is 18.8 Å². The number of benzene rings is 2. The summed E-state index contributed by atoms with van der Waals surface area (Å²) in [7, 11) is 0. The third-order valence-electron chi connectivity index (χ3n) is 5.41. The Morgan fingerprint density at radius 1 is 1.14 bits per heavy atom. The molecule has 1 N–H and O–H groups in total. The highest BCUT2D eigenvalue weighted by atomic mass is 32.2.